The van der Waals surface area contributed by atoms with Crippen molar-refractivity contribution in [2.24, 2.45) is 5.73 Å². The number of aliphatic hydroxyl groups is 1. The number of benzene rings is 4. The van der Waals surface area contributed by atoms with Crippen molar-refractivity contribution in [3.8, 4) is 11.3 Å². The van der Waals surface area contributed by atoms with Crippen LogP contribution in [0.1, 0.15) is 28.7 Å². The lowest BCUT2D eigenvalue weighted by atomic mass is 9.92. The molecule has 0 spiro atoms. The van der Waals surface area contributed by atoms with Crippen molar-refractivity contribution >= 4 is 0 Å². The molecular weight excluding hydrogens is 502 g/mol. The zero-order valence-corrected chi connectivity index (χ0v) is 23.5. The molecule has 0 aliphatic rings. The lowest BCUT2D eigenvalue weighted by Crippen LogP contribution is -2.46. The van der Waals surface area contributed by atoms with Crippen molar-refractivity contribution in [1.82, 2.24) is 9.88 Å². The normalized spacial score (nSPS) is 13.5. The van der Waals surface area contributed by atoms with E-state index in [0.717, 1.165) is 36.3 Å². The van der Waals surface area contributed by atoms with E-state index in [1.807, 2.05) is 42.6 Å². The second kappa shape index (κ2) is 14.5. The van der Waals surface area contributed by atoms with Crippen LogP contribution < -0.4 is 5.73 Å². The zero-order valence-electron chi connectivity index (χ0n) is 23.5. The van der Waals surface area contributed by atoms with Crippen LogP contribution in [0.3, 0.4) is 0 Å². The molecule has 41 heavy (non-hydrogen) atoms. The van der Waals surface area contributed by atoms with E-state index in [1.165, 1.54) is 16.7 Å². The lowest BCUT2D eigenvalue weighted by Gasteiger charge is -2.36. The van der Waals surface area contributed by atoms with Gasteiger partial charge in [0.15, 0.2) is 0 Å². The van der Waals surface area contributed by atoms with Gasteiger partial charge in [0.25, 0.3) is 0 Å². The second-order valence-electron chi connectivity index (χ2n) is 10.8. The van der Waals surface area contributed by atoms with Gasteiger partial charge in [0, 0.05) is 36.9 Å². The Labute approximate surface area is 244 Å². The Hall–Kier alpha value is -4.09. The summed E-state index contributed by atoms with van der Waals surface area (Å²) >= 11 is 0. The Kier molecular flexibility index (Phi) is 10.1. The largest absolute Gasteiger partial charge is 0.391 e. The highest BCUT2D eigenvalue weighted by Crippen LogP contribution is 2.23. The van der Waals surface area contributed by atoms with Crippen LogP contribution in [-0.4, -0.2) is 33.2 Å². The molecule has 0 radical (unpaired) electrons. The SMILES string of the molecule is N[C@@H](Cc1ccc(-c2ccccn2)cc1)C[C@@H](O)[C@H](Cc1ccccc1)N(Cc1ccccc1)Cc1ccccc1. The molecule has 0 fully saturated rings. The van der Waals surface area contributed by atoms with E-state index < -0.39 is 6.10 Å². The van der Waals surface area contributed by atoms with Crippen LogP contribution in [0.15, 0.2) is 140 Å². The van der Waals surface area contributed by atoms with Crippen LogP contribution in [0.4, 0.5) is 0 Å². The number of hydrogen-bond acceptors (Lipinski definition) is 4. The molecule has 0 saturated heterocycles. The Morgan fingerprint density at radius 3 is 1.63 bits per heavy atom. The number of nitrogens with zero attached hydrogens (tertiary/aromatic N) is 2. The highest BCUT2D eigenvalue weighted by atomic mass is 16.3. The molecule has 4 aromatic carbocycles. The third-order valence-corrected chi connectivity index (χ3v) is 7.61. The van der Waals surface area contributed by atoms with E-state index in [4.69, 9.17) is 5.73 Å². The van der Waals surface area contributed by atoms with E-state index in [-0.39, 0.29) is 12.1 Å². The molecule has 4 heteroatoms. The van der Waals surface area contributed by atoms with Gasteiger partial charge in [0.1, 0.15) is 0 Å². The lowest BCUT2D eigenvalue weighted by molar-refractivity contribution is 0.0301. The minimum absolute atomic E-state index is 0.101. The van der Waals surface area contributed by atoms with Crippen LogP contribution in [-0.2, 0) is 25.9 Å². The molecule has 0 unspecified atom stereocenters. The summed E-state index contributed by atoms with van der Waals surface area (Å²) < 4.78 is 0. The molecule has 1 heterocycles. The molecule has 5 aromatic rings. The number of pyridine rings is 1. The van der Waals surface area contributed by atoms with Crippen LogP contribution >= 0.6 is 0 Å². The monoisotopic (exact) mass is 541 g/mol. The third-order valence-electron chi connectivity index (χ3n) is 7.61. The molecule has 0 saturated carbocycles. The summed E-state index contributed by atoms with van der Waals surface area (Å²) in [6.45, 7) is 1.49. The summed E-state index contributed by atoms with van der Waals surface area (Å²) in [6, 6.07) is 45.6. The number of aromatic nitrogens is 1. The van der Waals surface area contributed by atoms with Crippen molar-refractivity contribution in [3.05, 3.63) is 162 Å². The fourth-order valence-electron chi connectivity index (χ4n) is 5.49. The summed E-state index contributed by atoms with van der Waals surface area (Å²) in [5.74, 6) is 0. The smallest absolute Gasteiger partial charge is 0.0713 e. The molecule has 208 valence electrons. The Morgan fingerprint density at radius 1 is 0.585 bits per heavy atom. The van der Waals surface area contributed by atoms with Gasteiger partial charge in [-0.15, -0.1) is 0 Å². The first kappa shape index (κ1) is 28.4. The summed E-state index contributed by atoms with van der Waals surface area (Å²) in [4.78, 5) is 6.86. The van der Waals surface area contributed by atoms with E-state index >= 15 is 0 Å². The Bertz CT molecular complexity index is 1390. The first-order chi connectivity index (χ1) is 20.1. The molecule has 5 rings (SSSR count). The maximum Gasteiger partial charge on any atom is 0.0713 e. The predicted octanol–water partition coefficient (Wildman–Crippen LogP) is 6.68. The summed E-state index contributed by atoms with van der Waals surface area (Å²) in [5, 5.41) is 11.8. The average Bonchev–Trinajstić information content (AvgIpc) is 3.02. The molecule has 3 atom stereocenters. The van der Waals surface area contributed by atoms with Gasteiger partial charge in [-0.2, -0.15) is 0 Å². The van der Waals surface area contributed by atoms with Gasteiger partial charge in [0.05, 0.1) is 11.8 Å². The van der Waals surface area contributed by atoms with Gasteiger partial charge in [-0.05, 0) is 53.6 Å². The minimum Gasteiger partial charge on any atom is -0.391 e. The highest BCUT2D eigenvalue weighted by molar-refractivity contribution is 5.59. The number of aliphatic hydroxyl groups excluding tert-OH is 1. The molecule has 3 N–H and O–H groups in total. The average molecular weight is 542 g/mol. The molecule has 4 nitrogen and oxygen atoms in total. The van der Waals surface area contributed by atoms with Gasteiger partial charge in [-0.25, -0.2) is 0 Å². The first-order valence-electron chi connectivity index (χ1n) is 14.4. The maximum absolute atomic E-state index is 11.8. The molecule has 1 aromatic heterocycles. The van der Waals surface area contributed by atoms with Gasteiger partial charge in [-0.3, -0.25) is 9.88 Å². The van der Waals surface area contributed by atoms with E-state index in [0.29, 0.717) is 12.8 Å². The molecular formula is C37H39N3O. The second-order valence-corrected chi connectivity index (χ2v) is 10.8. The Morgan fingerprint density at radius 2 is 1.10 bits per heavy atom. The summed E-state index contributed by atoms with van der Waals surface area (Å²) in [5.41, 5.74) is 13.6. The van der Waals surface area contributed by atoms with Crippen LogP contribution in [0.2, 0.25) is 0 Å². The van der Waals surface area contributed by atoms with Crippen molar-refractivity contribution in [2.45, 2.75) is 50.5 Å². The van der Waals surface area contributed by atoms with Gasteiger partial charge in [0.2, 0.25) is 0 Å². The van der Waals surface area contributed by atoms with Crippen molar-refractivity contribution in [3.63, 3.8) is 0 Å². The fourth-order valence-corrected chi connectivity index (χ4v) is 5.49. The standard InChI is InChI=1S/C37H39N3O/c38-34(24-30-19-21-33(22-20-30)35-18-10-11-23-39-35)26-37(41)36(25-29-12-4-1-5-13-29)40(27-31-14-6-2-7-15-31)28-32-16-8-3-9-17-32/h1-23,34,36-37,41H,24-28,38H2/t34-,36-,37+/m0/s1. The number of hydrogen-bond donors (Lipinski definition) is 2. The fraction of sp³-hybridized carbons (Fsp3) is 0.216. The van der Waals surface area contributed by atoms with E-state index in [9.17, 15) is 5.11 Å². The molecule has 0 amide bonds. The van der Waals surface area contributed by atoms with Gasteiger partial charge < -0.3 is 10.8 Å². The van der Waals surface area contributed by atoms with Crippen LogP contribution in [0.25, 0.3) is 11.3 Å². The van der Waals surface area contributed by atoms with E-state index in [1.54, 1.807) is 0 Å². The molecule has 0 bridgehead atoms. The quantitative estimate of drug-likeness (QED) is 0.174. The maximum atomic E-state index is 11.8. The summed E-state index contributed by atoms with van der Waals surface area (Å²) in [6.07, 6.45) is 3.18. The zero-order chi connectivity index (χ0) is 28.3. The van der Waals surface area contributed by atoms with Crippen molar-refractivity contribution < 1.29 is 5.11 Å². The van der Waals surface area contributed by atoms with Crippen molar-refractivity contribution in [1.29, 1.82) is 0 Å². The number of rotatable bonds is 13. The van der Waals surface area contributed by atoms with Crippen LogP contribution in [0.5, 0.6) is 0 Å². The minimum atomic E-state index is -0.592. The highest BCUT2D eigenvalue weighted by Gasteiger charge is 2.28. The van der Waals surface area contributed by atoms with Gasteiger partial charge in [-0.1, -0.05) is 121 Å². The van der Waals surface area contributed by atoms with Gasteiger partial charge >= 0.3 is 0 Å². The third kappa shape index (κ3) is 8.45. The summed E-state index contributed by atoms with van der Waals surface area (Å²) in [7, 11) is 0. The number of nitrogens with two attached hydrogens (primary N) is 1. The predicted molar refractivity (Wildman–Crippen MR) is 168 cm³/mol. The van der Waals surface area contributed by atoms with E-state index in [2.05, 4.69) is 107 Å². The first-order valence-corrected chi connectivity index (χ1v) is 14.4. The molecule has 0 aliphatic carbocycles. The topological polar surface area (TPSA) is 62.4 Å². The van der Waals surface area contributed by atoms with Crippen molar-refractivity contribution in [2.75, 3.05) is 0 Å². The Balaban J connectivity index is 1.34. The molecule has 0 aliphatic heterocycles. The van der Waals surface area contributed by atoms with Crippen LogP contribution in [0, 0.1) is 0 Å².